The molecule has 0 bridgehead atoms. The highest BCUT2D eigenvalue weighted by molar-refractivity contribution is 7.84. The van der Waals surface area contributed by atoms with Crippen LogP contribution in [0.15, 0.2) is 53.8 Å². The summed E-state index contributed by atoms with van der Waals surface area (Å²) < 4.78 is 0. The smallest absolute Gasteiger partial charge is 0.196 e. The molecule has 4 nitrogen and oxygen atoms in total. The van der Waals surface area contributed by atoms with E-state index in [1.54, 1.807) is 12.4 Å². The highest BCUT2D eigenvalue weighted by Crippen LogP contribution is 2.28. The number of benzene rings is 1. The van der Waals surface area contributed by atoms with Gasteiger partial charge in [0.2, 0.25) is 0 Å². The number of hydrogen-bond acceptors (Lipinski definition) is 5. The highest BCUT2D eigenvalue weighted by Gasteiger charge is 2.23. The summed E-state index contributed by atoms with van der Waals surface area (Å²) in [5.74, 6) is -0.00109. The molecule has 1 aromatic heterocycles. The zero-order chi connectivity index (χ0) is 17.8. The molecule has 1 aliphatic rings. The maximum absolute atomic E-state index is 13.3. The summed E-state index contributed by atoms with van der Waals surface area (Å²) >= 11 is 4.77. The molecule has 0 aliphatic carbocycles. The van der Waals surface area contributed by atoms with Gasteiger partial charge in [-0.15, -0.1) is 12.6 Å². The Labute approximate surface area is 154 Å². The Morgan fingerprint density at radius 3 is 2.36 bits per heavy atom. The third-order valence-corrected chi connectivity index (χ3v) is 5.01. The van der Waals surface area contributed by atoms with Gasteiger partial charge in [-0.1, -0.05) is 23.8 Å². The third kappa shape index (κ3) is 4.11. The lowest BCUT2D eigenvalue weighted by atomic mass is 9.97. The molecule has 0 saturated carbocycles. The van der Waals surface area contributed by atoms with Crippen LogP contribution >= 0.6 is 12.6 Å². The second kappa shape index (κ2) is 7.85. The molecule has 0 unspecified atom stereocenters. The number of thiol groups is 1. The first-order valence-corrected chi connectivity index (χ1v) is 8.89. The van der Waals surface area contributed by atoms with Crippen LogP contribution in [0.5, 0.6) is 0 Å². The molecule has 2 aromatic rings. The van der Waals surface area contributed by atoms with Crippen molar-refractivity contribution in [1.29, 1.82) is 0 Å². The van der Waals surface area contributed by atoms with Gasteiger partial charge in [-0.05, 0) is 37.7 Å². The maximum atomic E-state index is 13.3. The Morgan fingerprint density at radius 1 is 1.04 bits per heavy atom. The molecule has 2 heterocycles. The summed E-state index contributed by atoms with van der Waals surface area (Å²) in [6.45, 7) is 5.66. The number of Topliss-reactive ketones (excluding diaryl/α,β-unsaturated/α-hetero) is 1. The van der Waals surface area contributed by atoms with Crippen molar-refractivity contribution < 1.29 is 4.79 Å². The van der Waals surface area contributed by atoms with Crippen molar-refractivity contribution in [3.05, 3.63) is 70.5 Å². The number of carbonyl (C=O) groups is 1. The van der Waals surface area contributed by atoms with Crippen LogP contribution < -0.4 is 0 Å². The number of allylic oxidation sites excluding steroid dienone is 1. The van der Waals surface area contributed by atoms with Gasteiger partial charge in [0.05, 0.1) is 10.6 Å². The minimum Gasteiger partial charge on any atom is -0.363 e. The number of pyridine rings is 1. The lowest BCUT2D eigenvalue weighted by molar-refractivity contribution is 0.105. The van der Waals surface area contributed by atoms with Gasteiger partial charge in [0, 0.05) is 44.1 Å². The van der Waals surface area contributed by atoms with Gasteiger partial charge < -0.3 is 9.80 Å². The molecule has 130 valence electrons. The number of aromatic nitrogens is 1. The Bertz CT molecular complexity index is 781. The fourth-order valence-electron chi connectivity index (χ4n) is 2.99. The third-order valence-electron chi connectivity index (χ3n) is 4.50. The van der Waals surface area contributed by atoms with Gasteiger partial charge in [0.15, 0.2) is 5.78 Å². The number of rotatable bonds is 4. The van der Waals surface area contributed by atoms with E-state index in [0.29, 0.717) is 11.1 Å². The molecule has 1 aromatic carbocycles. The Balaban J connectivity index is 2.04. The maximum Gasteiger partial charge on any atom is 0.196 e. The molecular weight excluding hydrogens is 330 g/mol. The van der Waals surface area contributed by atoms with Gasteiger partial charge in [0.25, 0.3) is 0 Å². The largest absolute Gasteiger partial charge is 0.363 e. The topological polar surface area (TPSA) is 36.4 Å². The van der Waals surface area contributed by atoms with Gasteiger partial charge >= 0.3 is 0 Å². The first kappa shape index (κ1) is 17.7. The predicted octanol–water partition coefficient (Wildman–Crippen LogP) is 3.12. The van der Waals surface area contributed by atoms with E-state index in [-0.39, 0.29) is 5.78 Å². The monoisotopic (exact) mass is 353 g/mol. The zero-order valence-corrected chi connectivity index (χ0v) is 15.5. The normalized spacial score (nSPS) is 16.5. The van der Waals surface area contributed by atoms with Crippen molar-refractivity contribution in [3.63, 3.8) is 0 Å². The van der Waals surface area contributed by atoms with Crippen molar-refractivity contribution in [2.24, 2.45) is 0 Å². The molecule has 1 fully saturated rings. The molecule has 1 saturated heterocycles. The van der Waals surface area contributed by atoms with Crippen molar-refractivity contribution in [1.82, 2.24) is 14.8 Å². The van der Waals surface area contributed by atoms with E-state index in [2.05, 4.69) is 21.8 Å². The average Bonchev–Trinajstić information content (AvgIpc) is 2.63. The fourth-order valence-corrected chi connectivity index (χ4v) is 3.42. The van der Waals surface area contributed by atoms with Gasteiger partial charge in [-0.3, -0.25) is 9.78 Å². The number of likely N-dealkylation sites (N-methyl/N-ethyl adjacent to an activating group) is 1. The van der Waals surface area contributed by atoms with E-state index in [0.717, 1.165) is 42.3 Å². The van der Waals surface area contributed by atoms with Crippen LogP contribution in [0, 0.1) is 6.92 Å². The van der Waals surface area contributed by atoms with Crippen LogP contribution in [0.3, 0.4) is 0 Å². The summed E-state index contributed by atoms with van der Waals surface area (Å²) in [7, 11) is 2.11. The predicted molar refractivity (Wildman–Crippen MR) is 105 cm³/mol. The molecule has 1 aliphatic heterocycles. The number of ketones is 1. The van der Waals surface area contributed by atoms with Crippen LogP contribution in [0.4, 0.5) is 0 Å². The van der Waals surface area contributed by atoms with E-state index in [1.807, 2.05) is 43.3 Å². The second-order valence-electron chi connectivity index (χ2n) is 6.42. The van der Waals surface area contributed by atoms with E-state index in [9.17, 15) is 4.79 Å². The summed E-state index contributed by atoms with van der Waals surface area (Å²) in [5, 5.41) is 0.741. The van der Waals surface area contributed by atoms with Crippen molar-refractivity contribution in [2.45, 2.75) is 6.92 Å². The molecular formula is C20H23N3OS. The molecule has 3 rings (SSSR count). The number of nitrogens with zero attached hydrogens (tertiary/aromatic N) is 3. The first-order chi connectivity index (χ1) is 12.1. The van der Waals surface area contributed by atoms with Crippen LogP contribution in [-0.2, 0) is 0 Å². The van der Waals surface area contributed by atoms with Gasteiger partial charge in [0.1, 0.15) is 0 Å². The van der Waals surface area contributed by atoms with Crippen LogP contribution in [0.25, 0.3) is 5.57 Å². The molecule has 0 spiro atoms. The van der Waals surface area contributed by atoms with E-state index < -0.39 is 0 Å². The number of piperazine rings is 1. The number of hydrogen-bond donors (Lipinski definition) is 1. The fraction of sp³-hybridized carbons (Fsp3) is 0.300. The molecule has 0 amide bonds. The van der Waals surface area contributed by atoms with Crippen LogP contribution in [-0.4, -0.2) is 53.8 Å². The van der Waals surface area contributed by atoms with Crippen LogP contribution in [0.1, 0.15) is 21.5 Å². The Hall–Kier alpha value is -2.11. The van der Waals surface area contributed by atoms with E-state index >= 15 is 0 Å². The average molecular weight is 353 g/mol. The highest BCUT2D eigenvalue weighted by atomic mass is 32.1. The summed E-state index contributed by atoms with van der Waals surface area (Å²) in [4.78, 5) is 21.8. The first-order valence-electron chi connectivity index (χ1n) is 8.45. The molecule has 0 atom stereocenters. The Kier molecular flexibility index (Phi) is 5.56. The van der Waals surface area contributed by atoms with Gasteiger partial charge in [-0.25, -0.2) is 0 Å². The van der Waals surface area contributed by atoms with Gasteiger partial charge in [-0.2, -0.15) is 0 Å². The summed E-state index contributed by atoms with van der Waals surface area (Å²) in [5.41, 5.74) is 3.25. The molecule has 0 radical (unpaired) electrons. The summed E-state index contributed by atoms with van der Waals surface area (Å²) in [6, 6.07) is 11.4. The lowest BCUT2D eigenvalue weighted by Gasteiger charge is -2.35. The molecule has 0 N–H and O–H groups in total. The second-order valence-corrected chi connectivity index (χ2v) is 6.85. The van der Waals surface area contributed by atoms with Crippen LogP contribution in [0.2, 0.25) is 0 Å². The lowest BCUT2D eigenvalue weighted by Crippen LogP contribution is -2.43. The SMILES string of the molecule is Cc1cccc(C(=O)/C(=C(\S)N2CCN(C)CC2)c2ccncc2)c1. The van der Waals surface area contributed by atoms with Crippen molar-refractivity contribution in [3.8, 4) is 0 Å². The minimum atomic E-state index is -0.00109. The molecule has 25 heavy (non-hydrogen) atoms. The zero-order valence-electron chi connectivity index (χ0n) is 14.6. The minimum absolute atomic E-state index is 0.00109. The standard InChI is InChI=1S/C20H23N3OS/c1-15-4-3-5-17(14-15)19(24)18(16-6-8-21-9-7-16)20(25)23-12-10-22(2)11-13-23/h3-9,14,25H,10-13H2,1-2H3/b20-18-. The van der Waals surface area contributed by atoms with Crippen molar-refractivity contribution >= 4 is 24.0 Å². The summed E-state index contributed by atoms with van der Waals surface area (Å²) in [6.07, 6.45) is 3.42. The van der Waals surface area contributed by atoms with E-state index in [1.165, 1.54) is 0 Å². The Morgan fingerprint density at radius 2 is 1.72 bits per heavy atom. The number of carbonyl (C=O) groups excluding carboxylic acids is 1. The molecule has 5 heteroatoms. The number of aryl methyl sites for hydroxylation is 1. The van der Waals surface area contributed by atoms with E-state index in [4.69, 9.17) is 12.6 Å². The van der Waals surface area contributed by atoms with Crippen molar-refractivity contribution in [2.75, 3.05) is 33.2 Å². The quantitative estimate of drug-likeness (QED) is 0.521.